The van der Waals surface area contributed by atoms with Crippen LogP contribution in [0.1, 0.15) is 45.4 Å². The SMILES string of the molecule is CC(C)(C)SCCN1CCC[C@H](c2ncn[nH]2)C1. The molecule has 1 aliphatic rings. The molecule has 0 spiro atoms. The summed E-state index contributed by atoms with van der Waals surface area (Å²) in [6.07, 6.45) is 4.12. The molecule has 0 bridgehead atoms. The maximum absolute atomic E-state index is 4.30. The topological polar surface area (TPSA) is 44.8 Å². The van der Waals surface area contributed by atoms with Gasteiger partial charge in [0.2, 0.25) is 0 Å². The molecule has 0 aromatic carbocycles. The molecule has 4 nitrogen and oxygen atoms in total. The van der Waals surface area contributed by atoms with E-state index in [1.807, 2.05) is 11.8 Å². The summed E-state index contributed by atoms with van der Waals surface area (Å²) in [5.41, 5.74) is 0. The molecule has 2 rings (SSSR count). The highest BCUT2D eigenvalue weighted by Gasteiger charge is 2.23. The van der Waals surface area contributed by atoms with E-state index in [1.165, 1.54) is 31.7 Å². The van der Waals surface area contributed by atoms with Gasteiger partial charge >= 0.3 is 0 Å². The zero-order valence-electron chi connectivity index (χ0n) is 11.6. The summed E-state index contributed by atoms with van der Waals surface area (Å²) in [5, 5.41) is 6.97. The number of piperidine rings is 1. The minimum absolute atomic E-state index is 0.375. The molecule has 1 aliphatic heterocycles. The molecule has 0 amide bonds. The molecule has 102 valence electrons. The number of hydrogen-bond donors (Lipinski definition) is 1. The molecule has 18 heavy (non-hydrogen) atoms. The number of thioether (sulfide) groups is 1. The van der Waals surface area contributed by atoms with E-state index in [2.05, 4.69) is 40.9 Å². The van der Waals surface area contributed by atoms with E-state index in [-0.39, 0.29) is 0 Å². The molecule has 1 atom stereocenters. The number of H-pyrrole nitrogens is 1. The fourth-order valence-electron chi connectivity index (χ4n) is 2.37. The van der Waals surface area contributed by atoms with Gasteiger partial charge in [-0.1, -0.05) is 20.8 Å². The summed E-state index contributed by atoms with van der Waals surface area (Å²) in [6.45, 7) is 10.4. The van der Waals surface area contributed by atoms with Gasteiger partial charge in [-0.2, -0.15) is 16.9 Å². The van der Waals surface area contributed by atoms with Crippen LogP contribution in [0.4, 0.5) is 0 Å². The Labute approximate surface area is 114 Å². The lowest BCUT2D eigenvalue weighted by atomic mass is 9.97. The molecule has 0 radical (unpaired) electrons. The maximum Gasteiger partial charge on any atom is 0.137 e. The average molecular weight is 268 g/mol. The Balaban J connectivity index is 1.77. The smallest absolute Gasteiger partial charge is 0.137 e. The van der Waals surface area contributed by atoms with Gasteiger partial charge in [0, 0.05) is 29.5 Å². The molecule has 0 aliphatic carbocycles. The van der Waals surface area contributed by atoms with E-state index in [1.54, 1.807) is 6.33 Å². The fourth-order valence-corrected chi connectivity index (χ4v) is 3.34. The van der Waals surface area contributed by atoms with Crippen LogP contribution >= 0.6 is 11.8 Å². The Morgan fingerprint density at radius 3 is 3.00 bits per heavy atom. The maximum atomic E-state index is 4.30. The zero-order valence-corrected chi connectivity index (χ0v) is 12.5. The first-order valence-corrected chi connectivity index (χ1v) is 7.75. The molecule has 0 saturated carbocycles. The lowest BCUT2D eigenvalue weighted by Gasteiger charge is -2.32. The van der Waals surface area contributed by atoms with Crippen LogP contribution in [0.3, 0.4) is 0 Å². The monoisotopic (exact) mass is 268 g/mol. The van der Waals surface area contributed by atoms with E-state index < -0.39 is 0 Å². The Morgan fingerprint density at radius 2 is 2.33 bits per heavy atom. The summed E-state index contributed by atoms with van der Waals surface area (Å²) < 4.78 is 0.375. The minimum Gasteiger partial charge on any atom is -0.302 e. The van der Waals surface area contributed by atoms with Gasteiger partial charge in [-0.15, -0.1) is 0 Å². The minimum atomic E-state index is 0.375. The summed E-state index contributed by atoms with van der Waals surface area (Å²) in [5.74, 6) is 2.82. The highest BCUT2D eigenvalue weighted by atomic mass is 32.2. The highest BCUT2D eigenvalue weighted by Crippen LogP contribution is 2.26. The van der Waals surface area contributed by atoms with Crippen LogP contribution in [0.25, 0.3) is 0 Å². The molecular formula is C13H24N4S. The lowest BCUT2D eigenvalue weighted by molar-refractivity contribution is 0.215. The van der Waals surface area contributed by atoms with Crippen molar-refractivity contribution in [3.8, 4) is 0 Å². The van der Waals surface area contributed by atoms with Crippen LogP contribution in [-0.4, -0.2) is 50.2 Å². The van der Waals surface area contributed by atoms with Crippen molar-refractivity contribution in [2.45, 2.75) is 44.3 Å². The van der Waals surface area contributed by atoms with Gasteiger partial charge in [0.25, 0.3) is 0 Å². The first-order valence-electron chi connectivity index (χ1n) is 6.76. The molecule has 0 unspecified atom stereocenters. The van der Waals surface area contributed by atoms with E-state index in [0.717, 1.165) is 12.4 Å². The van der Waals surface area contributed by atoms with Gasteiger partial charge in [-0.05, 0) is 19.4 Å². The molecule has 5 heteroatoms. The third kappa shape index (κ3) is 4.28. The van der Waals surface area contributed by atoms with Crippen LogP contribution in [-0.2, 0) is 0 Å². The molecule has 1 N–H and O–H groups in total. The number of nitrogens with one attached hydrogen (secondary N) is 1. The first-order chi connectivity index (χ1) is 8.54. The van der Waals surface area contributed by atoms with Crippen molar-refractivity contribution < 1.29 is 0 Å². The van der Waals surface area contributed by atoms with Crippen molar-refractivity contribution in [3.05, 3.63) is 12.2 Å². The predicted octanol–water partition coefficient (Wildman–Crippen LogP) is 2.52. The largest absolute Gasteiger partial charge is 0.302 e. The molecule has 1 aromatic heterocycles. The number of rotatable bonds is 4. The predicted molar refractivity (Wildman–Crippen MR) is 77.0 cm³/mol. The zero-order chi connectivity index (χ0) is 13.0. The second-order valence-electron chi connectivity index (χ2n) is 5.97. The number of likely N-dealkylation sites (tertiary alicyclic amines) is 1. The summed E-state index contributed by atoms with van der Waals surface area (Å²) >= 11 is 2.05. The Hall–Kier alpha value is -0.550. The van der Waals surface area contributed by atoms with Crippen LogP contribution < -0.4 is 0 Å². The van der Waals surface area contributed by atoms with Crippen LogP contribution in [0.2, 0.25) is 0 Å². The van der Waals surface area contributed by atoms with Crippen molar-refractivity contribution in [1.29, 1.82) is 0 Å². The fraction of sp³-hybridized carbons (Fsp3) is 0.846. The van der Waals surface area contributed by atoms with E-state index in [4.69, 9.17) is 0 Å². The molecular weight excluding hydrogens is 244 g/mol. The molecule has 1 fully saturated rings. The third-order valence-electron chi connectivity index (χ3n) is 3.27. The number of aromatic amines is 1. The Morgan fingerprint density at radius 1 is 1.50 bits per heavy atom. The lowest BCUT2D eigenvalue weighted by Crippen LogP contribution is -2.36. The van der Waals surface area contributed by atoms with E-state index >= 15 is 0 Å². The molecule has 1 aromatic rings. The van der Waals surface area contributed by atoms with E-state index in [9.17, 15) is 0 Å². The van der Waals surface area contributed by atoms with Crippen LogP contribution in [0.15, 0.2) is 6.33 Å². The van der Waals surface area contributed by atoms with Gasteiger partial charge < -0.3 is 4.90 Å². The second kappa shape index (κ2) is 6.06. The van der Waals surface area contributed by atoms with Crippen LogP contribution in [0, 0.1) is 0 Å². The Kier molecular flexibility index (Phi) is 4.67. The normalized spacial score (nSPS) is 22.3. The number of hydrogen-bond acceptors (Lipinski definition) is 4. The second-order valence-corrected chi connectivity index (χ2v) is 7.89. The van der Waals surface area contributed by atoms with Gasteiger partial charge in [0.05, 0.1) is 0 Å². The summed E-state index contributed by atoms with van der Waals surface area (Å²) in [7, 11) is 0. The van der Waals surface area contributed by atoms with Gasteiger partial charge in [-0.25, -0.2) is 4.98 Å². The van der Waals surface area contributed by atoms with Gasteiger partial charge in [-0.3, -0.25) is 5.10 Å². The van der Waals surface area contributed by atoms with Crippen LogP contribution in [0.5, 0.6) is 0 Å². The Bertz CT molecular complexity index is 344. The quantitative estimate of drug-likeness (QED) is 0.911. The summed E-state index contributed by atoms with van der Waals surface area (Å²) in [4.78, 5) is 6.86. The van der Waals surface area contributed by atoms with E-state index in [0.29, 0.717) is 10.7 Å². The number of nitrogens with zero attached hydrogens (tertiary/aromatic N) is 3. The highest BCUT2D eigenvalue weighted by molar-refractivity contribution is 8.00. The standard InChI is InChI=1S/C13H24N4S/c1-13(2,3)18-8-7-17-6-4-5-11(9-17)12-14-10-15-16-12/h10-11H,4-9H2,1-3H3,(H,14,15,16)/t11-/m0/s1. The van der Waals surface area contributed by atoms with Crippen molar-refractivity contribution in [2.24, 2.45) is 0 Å². The average Bonchev–Trinajstić information content (AvgIpc) is 2.81. The molecule has 2 heterocycles. The van der Waals surface area contributed by atoms with Crippen molar-refractivity contribution in [1.82, 2.24) is 20.1 Å². The van der Waals surface area contributed by atoms with Crippen molar-refractivity contribution in [2.75, 3.05) is 25.4 Å². The van der Waals surface area contributed by atoms with Gasteiger partial charge in [0.1, 0.15) is 12.2 Å². The summed E-state index contributed by atoms with van der Waals surface area (Å²) in [6, 6.07) is 0. The first kappa shape index (κ1) is 13.9. The van der Waals surface area contributed by atoms with Crippen molar-refractivity contribution >= 4 is 11.8 Å². The third-order valence-corrected chi connectivity index (χ3v) is 4.52. The van der Waals surface area contributed by atoms with Crippen molar-refractivity contribution in [3.63, 3.8) is 0 Å². The number of aromatic nitrogens is 3. The molecule has 1 saturated heterocycles. The van der Waals surface area contributed by atoms with Gasteiger partial charge in [0.15, 0.2) is 0 Å².